The first kappa shape index (κ1) is 9.35. The van der Waals surface area contributed by atoms with Gasteiger partial charge in [-0.25, -0.2) is 0 Å². The Hall–Kier alpha value is -0.737. The van der Waals surface area contributed by atoms with Crippen LogP contribution in [0.2, 0.25) is 0 Å². The summed E-state index contributed by atoms with van der Waals surface area (Å²) in [6.45, 7) is 0. The summed E-state index contributed by atoms with van der Waals surface area (Å²) in [6, 6.07) is -0.847. The molecular weight excluding hydrogens is 211 g/mol. The molecule has 0 aromatic carbocycles. The van der Waals surface area contributed by atoms with Crippen molar-refractivity contribution >= 4 is 5.97 Å². The number of hydrogen-bond acceptors (Lipinski definition) is 3. The van der Waals surface area contributed by atoms with Crippen molar-refractivity contribution in [3.63, 3.8) is 0 Å². The van der Waals surface area contributed by atoms with Crippen molar-refractivity contribution in [1.29, 1.82) is 0 Å². The molecule has 1 aromatic heterocycles. The monoisotopic (exact) mass is 218 g/mol. The first-order valence-electron chi connectivity index (χ1n) is 3.41. The van der Waals surface area contributed by atoms with Crippen molar-refractivity contribution in [2.75, 3.05) is 0 Å². The van der Waals surface area contributed by atoms with Crippen LogP contribution in [-0.2, 0) is 29.8 Å². The molecule has 0 saturated carbocycles. The number of carboxylic acids is 1. The average Bonchev–Trinajstić information content (AvgIpc) is 2.35. The van der Waals surface area contributed by atoms with Gasteiger partial charge < -0.3 is 0 Å². The van der Waals surface area contributed by atoms with Crippen LogP contribution in [0.3, 0.4) is 0 Å². The van der Waals surface area contributed by atoms with Gasteiger partial charge in [-0.3, -0.25) is 0 Å². The Balaban J connectivity index is 2.58. The van der Waals surface area contributed by atoms with E-state index in [-0.39, 0.29) is 0 Å². The van der Waals surface area contributed by atoms with E-state index in [1.54, 1.807) is 6.33 Å². The van der Waals surface area contributed by atoms with Crippen molar-refractivity contribution in [1.82, 2.24) is 8.29 Å². The SMILES string of the molecule is N[C@@H](Cc1c[n]([Zn])cn1)C(=O)O. The molecule has 0 aliphatic carbocycles. The summed E-state index contributed by atoms with van der Waals surface area (Å²) in [7, 11) is 0. The van der Waals surface area contributed by atoms with Gasteiger partial charge in [-0.1, -0.05) is 0 Å². The van der Waals surface area contributed by atoms with Gasteiger partial charge in [0.2, 0.25) is 0 Å². The molecule has 0 spiro atoms. The van der Waals surface area contributed by atoms with E-state index < -0.39 is 12.0 Å². The van der Waals surface area contributed by atoms with Crippen molar-refractivity contribution in [3.05, 3.63) is 18.2 Å². The quantitative estimate of drug-likeness (QED) is 0.649. The van der Waals surface area contributed by atoms with Gasteiger partial charge in [0.1, 0.15) is 0 Å². The van der Waals surface area contributed by atoms with Gasteiger partial charge in [0.05, 0.1) is 0 Å². The van der Waals surface area contributed by atoms with Gasteiger partial charge in [0, 0.05) is 0 Å². The summed E-state index contributed by atoms with van der Waals surface area (Å²) >= 11 is 0.954. The number of carboxylic acid groups (broad SMARTS) is 1. The summed E-state index contributed by atoms with van der Waals surface area (Å²) in [4.78, 5) is 14.3. The van der Waals surface area contributed by atoms with E-state index in [0.29, 0.717) is 6.42 Å². The molecule has 0 aliphatic rings. The fourth-order valence-corrected chi connectivity index (χ4v) is 1.44. The second kappa shape index (κ2) is 3.78. The molecule has 0 aliphatic heterocycles. The predicted octanol–water partition coefficient (Wildman–Crippen LogP) is -0.853. The van der Waals surface area contributed by atoms with Crippen LogP contribution in [0.1, 0.15) is 5.69 Å². The van der Waals surface area contributed by atoms with Gasteiger partial charge >= 0.3 is 79.1 Å². The van der Waals surface area contributed by atoms with E-state index in [2.05, 4.69) is 4.98 Å². The Kier molecular flexibility index (Phi) is 2.95. The molecule has 3 N–H and O–H groups in total. The molecule has 0 amide bonds. The molecule has 0 radical (unpaired) electrons. The van der Waals surface area contributed by atoms with E-state index in [4.69, 9.17) is 10.8 Å². The third-order valence-electron chi connectivity index (χ3n) is 1.43. The van der Waals surface area contributed by atoms with Gasteiger partial charge in [-0.2, -0.15) is 0 Å². The number of imidazole rings is 1. The summed E-state index contributed by atoms with van der Waals surface area (Å²) in [5.74, 6) is -0.989. The molecule has 1 aromatic rings. The molecule has 61 valence electrons. The standard InChI is InChI=1S/C6H9N3O2.Zn/c7-5(6(10)11)1-4-2-8-3-9-4;/h2-3,5H,1,7H2,(H2,8,9,10,11);/q;+1/p-1/t5-;/m0./s1. The molecule has 0 unspecified atom stereocenters. The Morgan fingerprint density at radius 1 is 1.92 bits per heavy atom. The van der Waals surface area contributed by atoms with Crippen LogP contribution in [0, 0.1) is 0 Å². The first-order chi connectivity index (χ1) is 5.59. The van der Waals surface area contributed by atoms with Crippen molar-refractivity contribution in [2.45, 2.75) is 12.5 Å². The zero-order valence-corrected chi connectivity index (χ0v) is 9.44. The third-order valence-corrected chi connectivity index (χ3v) is 2.16. The normalized spacial score (nSPS) is 12.9. The molecule has 1 atom stereocenters. The number of aliphatic carboxylic acids is 1. The fourth-order valence-electron chi connectivity index (χ4n) is 0.824. The second-order valence-electron chi connectivity index (χ2n) is 2.53. The zero-order chi connectivity index (χ0) is 9.14. The number of hydrogen-bond donors (Lipinski definition) is 2. The van der Waals surface area contributed by atoms with Gasteiger partial charge in [0.15, 0.2) is 0 Å². The maximum atomic E-state index is 10.4. The van der Waals surface area contributed by atoms with E-state index >= 15 is 0 Å². The maximum absolute atomic E-state index is 10.4. The van der Waals surface area contributed by atoms with Gasteiger partial charge in [0.25, 0.3) is 0 Å². The van der Waals surface area contributed by atoms with Crippen LogP contribution in [0.25, 0.3) is 0 Å². The number of carbonyl (C=O) groups is 1. The van der Waals surface area contributed by atoms with E-state index in [1.807, 2.05) is 9.51 Å². The summed E-state index contributed by atoms with van der Waals surface area (Å²) in [6.07, 6.45) is 3.77. The molecular formula is C6H8N3O2Zn. The average molecular weight is 220 g/mol. The Labute approximate surface area is 79.5 Å². The summed E-state index contributed by atoms with van der Waals surface area (Å²) in [5.41, 5.74) is 6.05. The van der Waals surface area contributed by atoms with E-state index in [1.165, 1.54) is 0 Å². The number of aromatic nitrogens is 2. The Morgan fingerprint density at radius 2 is 2.58 bits per heavy atom. The molecule has 1 rings (SSSR count). The molecule has 0 fully saturated rings. The van der Waals surface area contributed by atoms with Crippen LogP contribution >= 0.6 is 0 Å². The minimum absolute atomic E-state index is 0.294. The van der Waals surface area contributed by atoms with Crippen molar-refractivity contribution in [2.24, 2.45) is 5.73 Å². The molecule has 0 saturated heterocycles. The van der Waals surface area contributed by atoms with Crippen LogP contribution < -0.4 is 5.73 Å². The molecule has 12 heavy (non-hydrogen) atoms. The van der Waals surface area contributed by atoms with E-state index in [0.717, 1.165) is 24.2 Å². The fraction of sp³-hybridized carbons (Fsp3) is 0.333. The van der Waals surface area contributed by atoms with Crippen molar-refractivity contribution in [3.8, 4) is 0 Å². The Bertz CT molecular complexity index is 286. The third kappa shape index (κ3) is 2.39. The molecule has 0 bridgehead atoms. The topological polar surface area (TPSA) is 81.1 Å². The van der Waals surface area contributed by atoms with E-state index in [9.17, 15) is 4.79 Å². The number of nitrogens with two attached hydrogens (primary N) is 1. The number of nitrogens with zero attached hydrogens (tertiary/aromatic N) is 2. The second-order valence-corrected chi connectivity index (χ2v) is 4.06. The van der Waals surface area contributed by atoms with Crippen LogP contribution in [-0.4, -0.2) is 25.4 Å². The Morgan fingerprint density at radius 3 is 3.00 bits per heavy atom. The molecule has 1 heterocycles. The summed E-state index contributed by atoms with van der Waals surface area (Å²) < 4.78 is 1.88. The van der Waals surface area contributed by atoms with Crippen LogP contribution in [0.4, 0.5) is 0 Å². The molecule has 5 nitrogen and oxygen atoms in total. The van der Waals surface area contributed by atoms with Crippen molar-refractivity contribution < 1.29 is 28.4 Å². The summed E-state index contributed by atoms with van der Waals surface area (Å²) in [5, 5.41) is 8.50. The van der Waals surface area contributed by atoms with Gasteiger partial charge in [-0.15, -0.1) is 0 Å². The van der Waals surface area contributed by atoms with Crippen LogP contribution in [0.15, 0.2) is 12.5 Å². The minimum atomic E-state index is -0.989. The van der Waals surface area contributed by atoms with Gasteiger partial charge in [-0.05, 0) is 0 Å². The number of rotatable bonds is 3. The van der Waals surface area contributed by atoms with Crippen LogP contribution in [0.5, 0.6) is 0 Å². The molecule has 6 heteroatoms. The predicted molar refractivity (Wildman–Crippen MR) is 36.9 cm³/mol. The zero-order valence-electron chi connectivity index (χ0n) is 6.47. The first-order valence-corrected chi connectivity index (χ1v) is 4.74.